The summed E-state index contributed by atoms with van der Waals surface area (Å²) in [5, 5.41) is 14.2. The van der Waals surface area contributed by atoms with Gasteiger partial charge in [0.2, 0.25) is 0 Å². The van der Waals surface area contributed by atoms with Crippen molar-refractivity contribution in [2.24, 2.45) is 0 Å². The van der Waals surface area contributed by atoms with Crippen molar-refractivity contribution in [3.8, 4) is 5.75 Å². The van der Waals surface area contributed by atoms with E-state index in [1.807, 2.05) is 42.5 Å². The van der Waals surface area contributed by atoms with Gasteiger partial charge in [-0.2, -0.15) is 0 Å². The van der Waals surface area contributed by atoms with Gasteiger partial charge in [-0.3, -0.25) is 4.79 Å². The van der Waals surface area contributed by atoms with Gasteiger partial charge in [-0.1, -0.05) is 36.4 Å². The summed E-state index contributed by atoms with van der Waals surface area (Å²) >= 11 is 0. The Kier molecular flexibility index (Phi) is 2.87. The molecule has 1 fully saturated rings. The van der Waals surface area contributed by atoms with Crippen LogP contribution < -0.4 is 10.1 Å². The van der Waals surface area contributed by atoms with Crippen LogP contribution in [0.2, 0.25) is 0 Å². The summed E-state index contributed by atoms with van der Waals surface area (Å²) in [7, 11) is 0. The first-order chi connectivity index (χ1) is 9.19. The molecule has 98 valence electrons. The zero-order chi connectivity index (χ0) is 13.3. The van der Waals surface area contributed by atoms with Crippen molar-refractivity contribution >= 4 is 16.7 Å². The molecular weight excluding hydrogens is 242 g/mol. The molecule has 1 saturated heterocycles. The van der Waals surface area contributed by atoms with E-state index in [4.69, 9.17) is 9.84 Å². The normalized spacial score (nSPS) is 16.8. The Morgan fingerprint density at radius 3 is 2.63 bits per heavy atom. The Morgan fingerprint density at radius 2 is 1.95 bits per heavy atom. The smallest absolute Gasteiger partial charge is 0.307 e. The van der Waals surface area contributed by atoms with Crippen molar-refractivity contribution < 1.29 is 14.6 Å². The molecule has 1 heterocycles. The highest BCUT2D eigenvalue weighted by atomic mass is 16.5. The standard InChI is InChI=1S/C15H15NO3/c17-14(18)8-15(9-16-10-15)19-13-7-3-5-11-4-1-2-6-12(11)13/h1-7,16H,8-10H2,(H,17,18). The van der Waals surface area contributed by atoms with Crippen LogP contribution in [-0.2, 0) is 4.79 Å². The highest BCUT2D eigenvalue weighted by Crippen LogP contribution is 2.31. The first-order valence-electron chi connectivity index (χ1n) is 6.28. The molecule has 2 aromatic rings. The lowest BCUT2D eigenvalue weighted by Gasteiger charge is -2.41. The molecule has 0 bridgehead atoms. The van der Waals surface area contributed by atoms with Gasteiger partial charge >= 0.3 is 5.97 Å². The molecule has 1 aliphatic rings. The Balaban J connectivity index is 1.94. The summed E-state index contributed by atoms with van der Waals surface area (Å²) in [6, 6.07) is 13.8. The first kappa shape index (κ1) is 12.0. The summed E-state index contributed by atoms with van der Waals surface area (Å²) in [5.74, 6) is -0.0809. The number of fused-ring (bicyclic) bond motifs is 1. The van der Waals surface area contributed by atoms with E-state index in [0.717, 1.165) is 16.5 Å². The quantitative estimate of drug-likeness (QED) is 0.880. The summed E-state index contributed by atoms with van der Waals surface area (Å²) in [6.45, 7) is 1.14. The largest absolute Gasteiger partial charge is 0.483 e. The molecule has 0 radical (unpaired) electrons. The predicted octanol–water partition coefficient (Wildman–Crippen LogP) is 2.04. The highest BCUT2D eigenvalue weighted by molar-refractivity contribution is 5.88. The maximum atomic E-state index is 11.0. The second kappa shape index (κ2) is 4.55. The van der Waals surface area contributed by atoms with E-state index in [9.17, 15) is 4.79 Å². The third-order valence-electron chi connectivity index (χ3n) is 3.44. The number of benzene rings is 2. The SMILES string of the molecule is O=C(O)CC1(Oc2cccc3ccccc23)CNC1. The van der Waals surface area contributed by atoms with Gasteiger partial charge in [0.15, 0.2) is 0 Å². The summed E-state index contributed by atoms with van der Waals surface area (Å²) in [4.78, 5) is 11.0. The number of carbonyl (C=O) groups is 1. The summed E-state index contributed by atoms with van der Waals surface area (Å²) in [5.41, 5.74) is -0.615. The number of carboxylic acids is 1. The number of hydrogen-bond donors (Lipinski definition) is 2. The minimum absolute atomic E-state index is 0.0171. The molecule has 2 aromatic carbocycles. The molecule has 0 unspecified atom stereocenters. The third-order valence-corrected chi connectivity index (χ3v) is 3.44. The van der Waals surface area contributed by atoms with Crippen LogP contribution in [0.1, 0.15) is 6.42 Å². The van der Waals surface area contributed by atoms with Gasteiger partial charge in [0, 0.05) is 18.5 Å². The molecule has 0 saturated carbocycles. The van der Waals surface area contributed by atoms with E-state index < -0.39 is 11.6 Å². The van der Waals surface area contributed by atoms with Crippen LogP contribution >= 0.6 is 0 Å². The molecule has 0 spiro atoms. The molecule has 0 atom stereocenters. The Morgan fingerprint density at radius 1 is 1.21 bits per heavy atom. The van der Waals surface area contributed by atoms with Crippen molar-refractivity contribution in [3.05, 3.63) is 42.5 Å². The third kappa shape index (κ3) is 2.27. The van der Waals surface area contributed by atoms with E-state index in [0.29, 0.717) is 13.1 Å². The highest BCUT2D eigenvalue weighted by Gasteiger charge is 2.41. The number of aliphatic carboxylic acids is 1. The fourth-order valence-electron chi connectivity index (χ4n) is 2.43. The fourth-order valence-corrected chi connectivity index (χ4v) is 2.43. The van der Waals surface area contributed by atoms with Gasteiger partial charge in [0.1, 0.15) is 11.4 Å². The van der Waals surface area contributed by atoms with Crippen LogP contribution in [0.15, 0.2) is 42.5 Å². The topological polar surface area (TPSA) is 58.6 Å². The minimum Gasteiger partial charge on any atom is -0.483 e. The van der Waals surface area contributed by atoms with Crippen LogP contribution in [0, 0.1) is 0 Å². The second-order valence-corrected chi connectivity index (χ2v) is 4.94. The number of nitrogens with one attached hydrogen (secondary N) is 1. The second-order valence-electron chi connectivity index (χ2n) is 4.94. The Labute approximate surface area is 111 Å². The lowest BCUT2D eigenvalue weighted by molar-refractivity contribution is -0.143. The van der Waals surface area contributed by atoms with Crippen LogP contribution in [-0.4, -0.2) is 29.8 Å². The lowest BCUT2D eigenvalue weighted by atomic mass is 9.92. The average molecular weight is 257 g/mol. The van der Waals surface area contributed by atoms with Gasteiger partial charge < -0.3 is 15.2 Å². The maximum absolute atomic E-state index is 11.0. The van der Waals surface area contributed by atoms with Crippen LogP contribution in [0.4, 0.5) is 0 Å². The molecule has 4 heteroatoms. The fraction of sp³-hybridized carbons (Fsp3) is 0.267. The monoisotopic (exact) mass is 257 g/mol. The lowest BCUT2D eigenvalue weighted by Crippen LogP contribution is -2.64. The molecular formula is C15H15NO3. The van der Waals surface area contributed by atoms with Gasteiger partial charge in [-0.25, -0.2) is 0 Å². The summed E-state index contributed by atoms with van der Waals surface area (Å²) < 4.78 is 6.02. The maximum Gasteiger partial charge on any atom is 0.307 e. The minimum atomic E-state index is -0.832. The Hall–Kier alpha value is -2.07. The van der Waals surface area contributed by atoms with Crippen molar-refractivity contribution in [2.45, 2.75) is 12.0 Å². The van der Waals surface area contributed by atoms with E-state index in [1.54, 1.807) is 0 Å². The first-order valence-corrected chi connectivity index (χ1v) is 6.28. The van der Waals surface area contributed by atoms with Crippen molar-refractivity contribution in [1.82, 2.24) is 5.32 Å². The molecule has 0 aliphatic carbocycles. The average Bonchev–Trinajstić information content (AvgIpc) is 2.36. The van der Waals surface area contributed by atoms with Crippen LogP contribution in [0.25, 0.3) is 10.8 Å². The number of ether oxygens (including phenoxy) is 1. The van der Waals surface area contributed by atoms with Gasteiger partial charge in [0.05, 0.1) is 6.42 Å². The van der Waals surface area contributed by atoms with E-state index in [1.165, 1.54) is 0 Å². The Bertz CT molecular complexity index is 614. The number of carboxylic acid groups (broad SMARTS) is 1. The van der Waals surface area contributed by atoms with Gasteiger partial charge in [-0.15, -0.1) is 0 Å². The van der Waals surface area contributed by atoms with Crippen molar-refractivity contribution in [3.63, 3.8) is 0 Å². The molecule has 2 N–H and O–H groups in total. The molecule has 19 heavy (non-hydrogen) atoms. The van der Waals surface area contributed by atoms with Crippen LogP contribution in [0.3, 0.4) is 0 Å². The van der Waals surface area contributed by atoms with Crippen LogP contribution in [0.5, 0.6) is 5.75 Å². The molecule has 0 amide bonds. The van der Waals surface area contributed by atoms with E-state index in [2.05, 4.69) is 5.32 Å². The summed E-state index contributed by atoms with van der Waals surface area (Å²) in [6.07, 6.45) is 0.0171. The zero-order valence-electron chi connectivity index (χ0n) is 10.4. The molecule has 4 nitrogen and oxygen atoms in total. The van der Waals surface area contributed by atoms with E-state index >= 15 is 0 Å². The molecule has 3 rings (SSSR count). The number of hydrogen-bond acceptors (Lipinski definition) is 3. The molecule has 0 aromatic heterocycles. The van der Waals surface area contributed by atoms with E-state index in [-0.39, 0.29) is 6.42 Å². The van der Waals surface area contributed by atoms with Gasteiger partial charge in [-0.05, 0) is 11.5 Å². The zero-order valence-corrected chi connectivity index (χ0v) is 10.4. The van der Waals surface area contributed by atoms with Crippen molar-refractivity contribution in [2.75, 3.05) is 13.1 Å². The van der Waals surface area contributed by atoms with Crippen molar-refractivity contribution in [1.29, 1.82) is 0 Å². The van der Waals surface area contributed by atoms with Gasteiger partial charge in [0.25, 0.3) is 0 Å². The molecule has 1 aliphatic heterocycles. The predicted molar refractivity (Wildman–Crippen MR) is 72.4 cm³/mol. The number of rotatable bonds is 4.